The lowest BCUT2D eigenvalue weighted by Crippen LogP contribution is -2.74. The Morgan fingerprint density at radius 1 is 0.178 bits per heavy atom. The number of fused-ring (bicyclic) bond motifs is 9. The van der Waals surface area contributed by atoms with E-state index in [4.69, 9.17) is 9.97 Å². The topological polar surface area (TPSA) is 40.6 Å². The fourth-order valence-electron chi connectivity index (χ4n) is 16.5. The van der Waals surface area contributed by atoms with Gasteiger partial charge in [-0.1, -0.05) is 322 Å². The summed E-state index contributed by atoms with van der Waals surface area (Å²) >= 11 is 0. The van der Waals surface area contributed by atoms with Crippen molar-refractivity contribution in [3.8, 4) is 51.0 Å². The molecular formula is C94H65N5Si2. The Hall–Kier alpha value is -12.8. The number of benzene rings is 15. The Morgan fingerprint density at radius 2 is 0.465 bits per heavy atom. The first kappa shape index (κ1) is 59.5. The molecule has 0 aliphatic rings. The molecule has 0 aliphatic heterocycles. The van der Waals surface area contributed by atoms with Crippen LogP contribution in [0, 0.1) is 0 Å². The van der Waals surface area contributed by atoms with Crippen molar-refractivity contribution in [2.45, 2.75) is 0 Å². The van der Waals surface area contributed by atoms with Crippen LogP contribution in [0.2, 0.25) is 0 Å². The Labute approximate surface area is 588 Å². The second-order valence-corrected chi connectivity index (χ2v) is 34.0. The summed E-state index contributed by atoms with van der Waals surface area (Å²) < 4.78 is 7.33. The van der Waals surface area contributed by atoms with Gasteiger partial charge in [0.1, 0.15) is 0 Å². The fourth-order valence-corrected chi connectivity index (χ4v) is 26.1. The van der Waals surface area contributed by atoms with Crippen LogP contribution in [-0.4, -0.2) is 39.8 Å². The summed E-state index contributed by atoms with van der Waals surface area (Å²) in [6.45, 7) is 0. The SMILES string of the molecule is c1ccc(-c2nc(-c3ccc(-n4c5ccc([Si](c6ccccc6)(c6ccccc6)c6ccccc6)cc5c5cc([Si](c6ccccc6)(c6ccccc6)c6ccccc6)ccc54)cc3)cc(-c3cc(-n4c5ccccc5c5ccccc54)cc(-n4c5ccccc5c5ccccc54)c3)n2)cc1. The van der Waals surface area contributed by atoms with Gasteiger partial charge in [-0.3, -0.25) is 0 Å². The van der Waals surface area contributed by atoms with Crippen molar-refractivity contribution in [3.05, 3.63) is 394 Å². The average molecular weight is 1320 g/mol. The molecule has 19 rings (SSSR count). The van der Waals surface area contributed by atoms with Crippen LogP contribution < -0.4 is 41.5 Å². The first-order valence-corrected chi connectivity index (χ1v) is 38.7. The number of rotatable bonds is 14. The van der Waals surface area contributed by atoms with E-state index in [2.05, 4.69) is 408 Å². The second kappa shape index (κ2) is 24.6. The van der Waals surface area contributed by atoms with Crippen molar-refractivity contribution >= 4 is 123 Å². The fraction of sp³-hybridized carbons (Fsp3) is 0. The number of para-hydroxylation sites is 4. The van der Waals surface area contributed by atoms with Gasteiger partial charge in [-0.15, -0.1) is 0 Å². The predicted molar refractivity (Wildman–Crippen MR) is 429 cm³/mol. The number of hydrogen-bond acceptors (Lipinski definition) is 2. The van der Waals surface area contributed by atoms with Crippen molar-refractivity contribution in [1.82, 2.24) is 23.7 Å². The van der Waals surface area contributed by atoms with Gasteiger partial charge in [0.25, 0.3) is 0 Å². The third-order valence-electron chi connectivity index (χ3n) is 20.9. The van der Waals surface area contributed by atoms with E-state index >= 15 is 0 Å². The summed E-state index contributed by atoms with van der Waals surface area (Å²) in [6, 6.07) is 146. The smallest absolute Gasteiger partial charge is 0.179 e. The van der Waals surface area contributed by atoms with Crippen molar-refractivity contribution in [2.24, 2.45) is 0 Å². The van der Waals surface area contributed by atoms with Crippen molar-refractivity contribution in [3.63, 3.8) is 0 Å². The zero-order chi connectivity index (χ0) is 66.9. The molecule has 0 N–H and O–H groups in total. The summed E-state index contributed by atoms with van der Waals surface area (Å²) in [4.78, 5) is 11.1. The highest BCUT2D eigenvalue weighted by Crippen LogP contribution is 2.40. The first-order valence-electron chi connectivity index (χ1n) is 34.7. The highest BCUT2D eigenvalue weighted by Gasteiger charge is 2.44. The van der Waals surface area contributed by atoms with E-state index in [0.717, 1.165) is 78.2 Å². The molecule has 0 aliphatic carbocycles. The molecule has 4 heterocycles. The van der Waals surface area contributed by atoms with Gasteiger partial charge in [0, 0.05) is 66.1 Å². The summed E-state index contributed by atoms with van der Waals surface area (Å²) in [6.07, 6.45) is 0. The Bertz CT molecular complexity index is 5680. The number of hydrogen-bond donors (Lipinski definition) is 0. The Morgan fingerprint density at radius 3 is 0.812 bits per heavy atom. The monoisotopic (exact) mass is 1320 g/mol. The molecule has 0 spiro atoms. The minimum Gasteiger partial charge on any atom is -0.309 e. The van der Waals surface area contributed by atoms with Crippen LogP contribution >= 0.6 is 0 Å². The van der Waals surface area contributed by atoms with Crippen molar-refractivity contribution in [1.29, 1.82) is 0 Å². The van der Waals surface area contributed by atoms with Gasteiger partial charge in [-0.2, -0.15) is 0 Å². The van der Waals surface area contributed by atoms with Crippen LogP contribution in [0.5, 0.6) is 0 Å². The van der Waals surface area contributed by atoms with Crippen LogP contribution in [0.3, 0.4) is 0 Å². The zero-order valence-electron chi connectivity index (χ0n) is 55.3. The van der Waals surface area contributed by atoms with Gasteiger partial charge < -0.3 is 13.7 Å². The lowest BCUT2D eigenvalue weighted by Gasteiger charge is -2.34. The van der Waals surface area contributed by atoms with Crippen LogP contribution in [0.15, 0.2) is 394 Å². The molecule has 0 atom stereocenters. The molecule has 474 valence electrons. The second-order valence-electron chi connectivity index (χ2n) is 26.3. The van der Waals surface area contributed by atoms with Crippen LogP contribution in [-0.2, 0) is 0 Å². The molecule has 0 saturated heterocycles. The molecule has 4 aromatic heterocycles. The first-order chi connectivity index (χ1) is 50.1. The van der Waals surface area contributed by atoms with Crippen LogP contribution in [0.4, 0.5) is 0 Å². The third-order valence-corrected chi connectivity index (χ3v) is 30.5. The summed E-state index contributed by atoms with van der Waals surface area (Å²) in [5, 5.41) is 17.9. The molecule has 5 nitrogen and oxygen atoms in total. The average Bonchev–Trinajstić information content (AvgIpc) is 1.57. The molecule has 0 saturated carbocycles. The van der Waals surface area contributed by atoms with E-state index in [-0.39, 0.29) is 0 Å². The molecule has 0 unspecified atom stereocenters. The lowest BCUT2D eigenvalue weighted by molar-refractivity contribution is 1.13. The van der Waals surface area contributed by atoms with Gasteiger partial charge >= 0.3 is 0 Å². The zero-order valence-corrected chi connectivity index (χ0v) is 57.3. The maximum Gasteiger partial charge on any atom is 0.179 e. The third kappa shape index (κ3) is 9.72. The van der Waals surface area contributed by atoms with Gasteiger partial charge in [-0.05, 0) is 114 Å². The van der Waals surface area contributed by atoms with E-state index in [1.807, 2.05) is 0 Å². The van der Waals surface area contributed by atoms with Gasteiger partial charge in [0.05, 0.1) is 44.5 Å². The van der Waals surface area contributed by atoms with Crippen LogP contribution in [0.25, 0.3) is 116 Å². The largest absolute Gasteiger partial charge is 0.309 e. The van der Waals surface area contributed by atoms with Crippen LogP contribution in [0.1, 0.15) is 0 Å². The molecule has 0 amide bonds. The van der Waals surface area contributed by atoms with E-state index in [9.17, 15) is 0 Å². The molecule has 15 aromatic carbocycles. The van der Waals surface area contributed by atoms with E-state index in [1.165, 1.54) is 73.8 Å². The predicted octanol–water partition coefficient (Wildman–Crippen LogP) is 17.5. The van der Waals surface area contributed by atoms with Gasteiger partial charge in [0.2, 0.25) is 0 Å². The van der Waals surface area contributed by atoms with E-state index in [0.29, 0.717) is 5.82 Å². The standard InChI is InChI=1S/C94H65N5Si2/c1-8-30-67(31-9-1)94-95-86(65-87(96-94)68-60-70(98-88-48-26-22-44-80(88)81-45-23-27-49-89(81)98)62-71(61-68)99-90-50-28-24-46-82(90)83-47-25-29-51-91(83)99)66-52-54-69(55-53-66)97-92-58-56-78(100(72-32-10-2-11-33-72,73-34-12-3-13-35-73)74-36-14-4-15-37-74)63-84(92)85-64-79(57-59-93(85)97)101(75-38-16-5-17-39-75,76-40-18-6-19-41-76)77-42-20-7-21-43-77/h1-65H. The molecule has 0 fully saturated rings. The summed E-state index contributed by atoms with van der Waals surface area (Å²) in [5.41, 5.74) is 14.5. The highest BCUT2D eigenvalue weighted by molar-refractivity contribution is 7.20. The maximum absolute atomic E-state index is 5.56. The van der Waals surface area contributed by atoms with Crippen molar-refractivity contribution < 1.29 is 0 Å². The summed E-state index contributed by atoms with van der Waals surface area (Å²) in [7, 11) is -5.96. The normalized spacial score (nSPS) is 12.0. The van der Waals surface area contributed by atoms with Crippen molar-refractivity contribution in [2.75, 3.05) is 0 Å². The molecule has 0 bridgehead atoms. The lowest BCUT2D eigenvalue weighted by atomic mass is 10.0. The van der Waals surface area contributed by atoms with E-state index < -0.39 is 16.1 Å². The van der Waals surface area contributed by atoms with E-state index in [1.54, 1.807) is 0 Å². The quantitative estimate of drug-likeness (QED) is 0.0804. The molecular weight excluding hydrogens is 1260 g/mol. The van der Waals surface area contributed by atoms with Gasteiger partial charge in [-0.25, -0.2) is 9.97 Å². The molecule has 19 aromatic rings. The number of aromatic nitrogens is 5. The minimum atomic E-state index is -2.98. The molecule has 101 heavy (non-hydrogen) atoms. The van der Waals surface area contributed by atoms with Gasteiger partial charge in [0.15, 0.2) is 22.0 Å². The molecule has 0 radical (unpaired) electrons. The summed E-state index contributed by atoms with van der Waals surface area (Å²) in [5.74, 6) is 0.652. The Kier molecular flexibility index (Phi) is 14.5. The maximum atomic E-state index is 5.56. The minimum absolute atomic E-state index is 0.652. The molecule has 7 heteroatoms. The highest BCUT2D eigenvalue weighted by atomic mass is 28.3. The Balaban J connectivity index is 0.830. The number of nitrogens with zero attached hydrogens (tertiary/aromatic N) is 5.